The molecule has 3 N–H and O–H groups in total. The van der Waals surface area contributed by atoms with Crippen LogP contribution in [0.3, 0.4) is 0 Å². The average Bonchev–Trinajstić information content (AvgIpc) is 3.04. The van der Waals surface area contributed by atoms with Crippen LogP contribution < -0.4 is 11.1 Å². The number of carbonyl (C=O) groups excluding carboxylic acids is 1. The minimum Gasteiger partial charge on any atom is -0.451 e. The van der Waals surface area contributed by atoms with Gasteiger partial charge in [-0.2, -0.15) is 0 Å². The number of benzene rings is 1. The molecule has 2 heterocycles. The van der Waals surface area contributed by atoms with Crippen molar-refractivity contribution in [3.8, 4) is 0 Å². The number of nitrogens with one attached hydrogen (secondary N) is 1. The van der Waals surface area contributed by atoms with Crippen molar-refractivity contribution in [3.05, 3.63) is 30.0 Å². The number of anilines is 1. The van der Waals surface area contributed by atoms with Crippen LogP contribution in [0.1, 0.15) is 17.0 Å². The Balaban J connectivity index is 1.70. The van der Waals surface area contributed by atoms with Gasteiger partial charge in [-0.1, -0.05) is 0 Å². The Labute approximate surface area is 110 Å². The number of fused-ring (bicyclic) bond motifs is 1. The number of nitrogen functional groups attached to an aromatic ring is 1. The summed E-state index contributed by atoms with van der Waals surface area (Å²) in [7, 11) is 0. The normalized spacial score (nSPS) is 18.8. The zero-order valence-electron chi connectivity index (χ0n) is 10.5. The largest absolute Gasteiger partial charge is 0.451 e. The maximum Gasteiger partial charge on any atom is 0.287 e. The van der Waals surface area contributed by atoms with E-state index in [2.05, 4.69) is 5.32 Å². The molecule has 1 aromatic carbocycles. The molecule has 100 valence electrons. The van der Waals surface area contributed by atoms with Crippen molar-refractivity contribution < 1.29 is 13.9 Å². The minimum atomic E-state index is -0.193. The van der Waals surface area contributed by atoms with Crippen molar-refractivity contribution in [2.45, 2.75) is 6.42 Å². The summed E-state index contributed by atoms with van der Waals surface area (Å²) in [5.74, 6) is 0.533. The van der Waals surface area contributed by atoms with Gasteiger partial charge in [0.15, 0.2) is 5.76 Å². The highest BCUT2D eigenvalue weighted by molar-refractivity contribution is 5.96. The maximum atomic E-state index is 12.0. The predicted molar refractivity (Wildman–Crippen MR) is 71.9 cm³/mol. The summed E-state index contributed by atoms with van der Waals surface area (Å²) in [6.45, 7) is 2.12. The zero-order chi connectivity index (χ0) is 13.2. The van der Waals surface area contributed by atoms with Gasteiger partial charge in [0.05, 0.1) is 6.61 Å². The monoisotopic (exact) mass is 260 g/mol. The summed E-state index contributed by atoms with van der Waals surface area (Å²) in [6, 6.07) is 7.03. The fourth-order valence-corrected chi connectivity index (χ4v) is 2.24. The lowest BCUT2D eigenvalue weighted by Gasteiger charge is -2.07. The Bertz CT molecular complexity index is 600. The van der Waals surface area contributed by atoms with Crippen LogP contribution in [0.4, 0.5) is 5.69 Å². The van der Waals surface area contributed by atoms with Crippen LogP contribution in [0.15, 0.2) is 28.7 Å². The van der Waals surface area contributed by atoms with Crippen LogP contribution in [0.5, 0.6) is 0 Å². The molecular weight excluding hydrogens is 244 g/mol. The second-order valence-corrected chi connectivity index (χ2v) is 4.85. The first-order valence-corrected chi connectivity index (χ1v) is 6.37. The van der Waals surface area contributed by atoms with E-state index in [1.54, 1.807) is 24.3 Å². The third kappa shape index (κ3) is 2.56. The number of ether oxygens (including phenoxy) is 1. The SMILES string of the molecule is Nc1ccc2oc(C(=O)NCC3CCOC3)cc2c1. The Morgan fingerprint density at radius 2 is 2.32 bits per heavy atom. The van der Waals surface area contributed by atoms with E-state index in [1.807, 2.05) is 0 Å². The lowest BCUT2D eigenvalue weighted by atomic mass is 10.1. The lowest BCUT2D eigenvalue weighted by molar-refractivity contribution is 0.0919. The number of amides is 1. The van der Waals surface area contributed by atoms with Crippen molar-refractivity contribution in [3.63, 3.8) is 0 Å². The van der Waals surface area contributed by atoms with Crippen LogP contribution >= 0.6 is 0 Å². The molecule has 0 aliphatic carbocycles. The number of rotatable bonds is 3. The molecule has 1 aliphatic rings. The van der Waals surface area contributed by atoms with E-state index in [9.17, 15) is 4.79 Å². The molecule has 0 bridgehead atoms. The highest BCUT2D eigenvalue weighted by Crippen LogP contribution is 2.21. The molecule has 1 saturated heterocycles. The summed E-state index contributed by atoms with van der Waals surface area (Å²) < 4.78 is 10.8. The second kappa shape index (κ2) is 4.93. The van der Waals surface area contributed by atoms with Gasteiger partial charge in [-0.15, -0.1) is 0 Å². The molecule has 0 spiro atoms. The van der Waals surface area contributed by atoms with E-state index in [1.165, 1.54) is 0 Å². The van der Waals surface area contributed by atoms with E-state index in [4.69, 9.17) is 14.9 Å². The maximum absolute atomic E-state index is 12.0. The molecule has 3 rings (SSSR count). The van der Waals surface area contributed by atoms with Crippen LogP contribution in [0.25, 0.3) is 11.0 Å². The van der Waals surface area contributed by atoms with Crippen molar-refractivity contribution in [2.24, 2.45) is 5.92 Å². The Hall–Kier alpha value is -2.01. The first-order chi connectivity index (χ1) is 9.22. The van der Waals surface area contributed by atoms with Crippen molar-refractivity contribution in [1.82, 2.24) is 5.32 Å². The minimum absolute atomic E-state index is 0.193. The summed E-state index contributed by atoms with van der Waals surface area (Å²) in [6.07, 6.45) is 0.997. The number of furan rings is 1. The molecule has 5 nitrogen and oxygen atoms in total. The van der Waals surface area contributed by atoms with E-state index in [-0.39, 0.29) is 5.91 Å². The number of hydrogen-bond acceptors (Lipinski definition) is 4. The number of hydrogen-bond donors (Lipinski definition) is 2. The van der Waals surface area contributed by atoms with Crippen LogP contribution in [-0.2, 0) is 4.74 Å². The molecular formula is C14H16N2O3. The molecule has 1 unspecified atom stereocenters. The third-order valence-electron chi connectivity index (χ3n) is 3.34. The van der Waals surface area contributed by atoms with E-state index in [0.29, 0.717) is 29.5 Å². The van der Waals surface area contributed by atoms with Gasteiger partial charge in [0, 0.05) is 30.1 Å². The molecule has 0 radical (unpaired) electrons. The summed E-state index contributed by atoms with van der Waals surface area (Å²) in [5.41, 5.74) is 7.02. The molecule has 2 aromatic rings. The number of carbonyl (C=O) groups is 1. The molecule has 1 aromatic heterocycles. The van der Waals surface area contributed by atoms with Crippen molar-refractivity contribution >= 4 is 22.6 Å². The van der Waals surface area contributed by atoms with Crippen LogP contribution in [0.2, 0.25) is 0 Å². The Morgan fingerprint density at radius 3 is 3.11 bits per heavy atom. The van der Waals surface area contributed by atoms with Gasteiger partial charge in [0.25, 0.3) is 5.91 Å². The third-order valence-corrected chi connectivity index (χ3v) is 3.34. The van der Waals surface area contributed by atoms with Gasteiger partial charge < -0.3 is 20.2 Å². The molecule has 1 atom stereocenters. The highest BCUT2D eigenvalue weighted by Gasteiger charge is 2.18. The van der Waals surface area contributed by atoms with Crippen LogP contribution in [0, 0.1) is 5.92 Å². The molecule has 5 heteroatoms. The summed E-state index contributed by atoms with van der Waals surface area (Å²) in [5, 5.41) is 3.71. The van der Waals surface area contributed by atoms with Crippen molar-refractivity contribution in [1.29, 1.82) is 0 Å². The number of nitrogens with two attached hydrogens (primary N) is 1. The molecule has 0 saturated carbocycles. The molecule has 1 aliphatic heterocycles. The Morgan fingerprint density at radius 1 is 1.42 bits per heavy atom. The van der Waals surface area contributed by atoms with Gasteiger partial charge in [-0.05, 0) is 30.7 Å². The smallest absolute Gasteiger partial charge is 0.287 e. The van der Waals surface area contributed by atoms with Gasteiger partial charge in [-0.25, -0.2) is 0 Å². The van der Waals surface area contributed by atoms with Crippen LogP contribution in [-0.4, -0.2) is 25.7 Å². The zero-order valence-corrected chi connectivity index (χ0v) is 10.5. The summed E-state index contributed by atoms with van der Waals surface area (Å²) in [4.78, 5) is 12.0. The van der Waals surface area contributed by atoms with E-state index < -0.39 is 0 Å². The highest BCUT2D eigenvalue weighted by atomic mass is 16.5. The standard InChI is InChI=1S/C14H16N2O3/c15-11-1-2-12-10(5-11)6-13(19-12)14(17)16-7-9-3-4-18-8-9/h1-2,5-6,9H,3-4,7-8,15H2,(H,16,17). The first-order valence-electron chi connectivity index (χ1n) is 6.37. The fourth-order valence-electron chi connectivity index (χ4n) is 2.24. The topological polar surface area (TPSA) is 77.5 Å². The molecule has 1 fully saturated rings. The average molecular weight is 260 g/mol. The van der Waals surface area contributed by atoms with Gasteiger partial charge in [0.1, 0.15) is 5.58 Å². The second-order valence-electron chi connectivity index (χ2n) is 4.85. The Kier molecular flexibility index (Phi) is 3.13. The first kappa shape index (κ1) is 12.0. The fraction of sp³-hybridized carbons (Fsp3) is 0.357. The van der Waals surface area contributed by atoms with E-state index >= 15 is 0 Å². The van der Waals surface area contributed by atoms with Gasteiger partial charge in [-0.3, -0.25) is 4.79 Å². The quantitative estimate of drug-likeness (QED) is 0.825. The molecule has 19 heavy (non-hydrogen) atoms. The molecule has 1 amide bonds. The lowest BCUT2D eigenvalue weighted by Crippen LogP contribution is -2.29. The van der Waals surface area contributed by atoms with Crippen molar-refractivity contribution in [2.75, 3.05) is 25.5 Å². The summed E-state index contributed by atoms with van der Waals surface area (Å²) >= 11 is 0. The van der Waals surface area contributed by atoms with E-state index in [0.717, 1.165) is 25.0 Å². The van der Waals surface area contributed by atoms with Gasteiger partial charge >= 0.3 is 0 Å². The van der Waals surface area contributed by atoms with Gasteiger partial charge in [0.2, 0.25) is 0 Å². The predicted octanol–water partition coefficient (Wildman–Crippen LogP) is 1.78.